The van der Waals surface area contributed by atoms with Crippen molar-refractivity contribution in [2.75, 3.05) is 0 Å². The van der Waals surface area contributed by atoms with Crippen LogP contribution in [0.4, 0.5) is 0 Å². The zero-order chi connectivity index (χ0) is 13.2. The number of aryl methyl sites for hydroxylation is 2. The Balaban J connectivity index is 0.00000147. The minimum Gasteiger partial charge on any atom is -0.325 e. The smallest absolute Gasteiger partial charge is 0.159 e. The molecule has 0 aliphatic heterocycles. The van der Waals surface area contributed by atoms with Gasteiger partial charge in [-0.1, -0.05) is 29.8 Å². The van der Waals surface area contributed by atoms with Gasteiger partial charge in [-0.3, -0.25) is 0 Å². The van der Waals surface area contributed by atoms with E-state index in [4.69, 9.17) is 10.7 Å². The molecule has 0 bridgehead atoms. The summed E-state index contributed by atoms with van der Waals surface area (Å²) in [5.41, 5.74) is 11.7. The quantitative estimate of drug-likeness (QED) is 0.923. The first-order valence-electron chi connectivity index (χ1n) is 6.93. The standard InChI is InChI=1S/C16H19N3.ClH/c1-11-6-8-12(9-7-11)16-18-14-5-3-2-4-13(14)15(10-17)19-16;/h6-9H,2-5,10,17H2,1H3;1H. The zero-order valence-electron chi connectivity index (χ0n) is 11.7. The lowest BCUT2D eigenvalue weighted by Crippen LogP contribution is -2.14. The number of rotatable bonds is 2. The number of halogens is 1. The van der Waals surface area contributed by atoms with Crippen molar-refractivity contribution < 1.29 is 0 Å². The molecule has 2 N–H and O–H groups in total. The molecule has 20 heavy (non-hydrogen) atoms. The summed E-state index contributed by atoms with van der Waals surface area (Å²) in [6, 6.07) is 8.36. The van der Waals surface area contributed by atoms with Crippen LogP contribution in [-0.4, -0.2) is 9.97 Å². The molecule has 2 aromatic rings. The second-order valence-electron chi connectivity index (χ2n) is 5.20. The Morgan fingerprint density at radius 2 is 1.75 bits per heavy atom. The van der Waals surface area contributed by atoms with Crippen LogP contribution in [0, 0.1) is 6.92 Å². The van der Waals surface area contributed by atoms with Crippen LogP contribution in [0.2, 0.25) is 0 Å². The number of hydrogen-bond acceptors (Lipinski definition) is 3. The third-order valence-corrected chi connectivity index (χ3v) is 3.77. The van der Waals surface area contributed by atoms with Crippen molar-refractivity contribution in [1.82, 2.24) is 9.97 Å². The Hall–Kier alpha value is -1.45. The number of hydrogen-bond donors (Lipinski definition) is 1. The third-order valence-electron chi connectivity index (χ3n) is 3.77. The van der Waals surface area contributed by atoms with Gasteiger partial charge in [0.15, 0.2) is 5.82 Å². The molecule has 106 valence electrons. The number of fused-ring (bicyclic) bond motifs is 1. The molecule has 1 aromatic heterocycles. The molecule has 3 nitrogen and oxygen atoms in total. The van der Waals surface area contributed by atoms with Gasteiger partial charge in [-0.15, -0.1) is 12.4 Å². The summed E-state index contributed by atoms with van der Waals surface area (Å²) < 4.78 is 0. The summed E-state index contributed by atoms with van der Waals surface area (Å²) in [5.74, 6) is 0.820. The van der Waals surface area contributed by atoms with Crippen molar-refractivity contribution >= 4 is 12.4 Å². The monoisotopic (exact) mass is 289 g/mol. The van der Waals surface area contributed by atoms with Crippen LogP contribution in [0.15, 0.2) is 24.3 Å². The Morgan fingerprint density at radius 1 is 1.05 bits per heavy atom. The van der Waals surface area contributed by atoms with Crippen molar-refractivity contribution in [3.63, 3.8) is 0 Å². The van der Waals surface area contributed by atoms with Gasteiger partial charge < -0.3 is 5.73 Å². The van der Waals surface area contributed by atoms with E-state index in [-0.39, 0.29) is 12.4 Å². The summed E-state index contributed by atoms with van der Waals surface area (Å²) in [5, 5.41) is 0. The minimum absolute atomic E-state index is 0. The Bertz CT molecular complexity index is 576. The minimum atomic E-state index is 0. The summed E-state index contributed by atoms with van der Waals surface area (Å²) >= 11 is 0. The van der Waals surface area contributed by atoms with E-state index in [1.165, 1.54) is 29.7 Å². The average molecular weight is 290 g/mol. The molecule has 0 fully saturated rings. The fraction of sp³-hybridized carbons (Fsp3) is 0.375. The summed E-state index contributed by atoms with van der Waals surface area (Å²) in [6.45, 7) is 2.59. The summed E-state index contributed by atoms with van der Waals surface area (Å²) in [6.07, 6.45) is 4.59. The van der Waals surface area contributed by atoms with Gasteiger partial charge in [0.25, 0.3) is 0 Å². The molecule has 1 aliphatic rings. The fourth-order valence-electron chi connectivity index (χ4n) is 2.67. The lowest BCUT2D eigenvalue weighted by molar-refractivity contribution is 0.652. The predicted octanol–water partition coefficient (Wildman–Crippen LogP) is 3.21. The van der Waals surface area contributed by atoms with Gasteiger partial charge in [-0.05, 0) is 38.2 Å². The molecule has 1 aliphatic carbocycles. The molecular weight excluding hydrogens is 270 g/mol. The second-order valence-corrected chi connectivity index (χ2v) is 5.20. The molecule has 0 amide bonds. The van der Waals surface area contributed by atoms with E-state index in [1.54, 1.807) is 0 Å². The number of aromatic nitrogens is 2. The Morgan fingerprint density at radius 3 is 2.45 bits per heavy atom. The van der Waals surface area contributed by atoms with Gasteiger partial charge in [-0.25, -0.2) is 9.97 Å². The molecule has 0 unspecified atom stereocenters. The van der Waals surface area contributed by atoms with Gasteiger partial charge in [-0.2, -0.15) is 0 Å². The lowest BCUT2D eigenvalue weighted by Gasteiger charge is -2.18. The molecule has 1 heterocycles. The third kappa shape index (κ3) is 2.84. The molecular formula is C16H20ClN3. The van der Waals surface area contributed by atoms with Crippen molar-refractivity contribution in [3.8, 4) is 11.4 Å². The number of benzene rings is 1. The van der Waals surface area contributed by atoms with E-state index in [9.17, 15) is 0 Å². The van der Waals surface area contributed by atoms with E-state index < -0.39 is 0 Å². The first kappa shape index (κ1) is 14.9. The molecule has 0 radical (unpaired) electrons. The molecule has 3 rings (SSSR count). The Labute approximate surface area is 126 Å². The molecule has 0 saturated carbocycles. The van der Waals surface area contributed by atoms with E-state index in [2.05, 4.69) is 36.2 Å². The van der Waals surface area contributed by atoms with Crippen LogP contribution in [0.5, 0.6) is 0 Å². The van der Waals surface area contributed by atoms with Crippen LogP contribution in [-0.2, 0) is 19.4 Å². The summed E-state index contributed by atoms with van der Waals surface area (Å²) in [7, 11) is 0. The average Bonchev–Trinajstić information content (AvgIpc) is 2.47. The van der Waals surface area contributed by atoms with Crippen molar-refractivity contribution in [2.24, 2.45) is 5.73 Å². The highest BCUT2D eigenvalue weighted by Gasteiger charge is 2.17. The van der Waals surface area contributed by atoms with Crippen LogP contribution in [0.3, 0.4) is 0 Å². The van der Waals surface area contributed by atoms with Gasteiger partial charge in [0, 0.05) is 17.8 Å². The molecule has 4 heteroatoms. The van der Waals surface area contributed by atoms with Crippen molar-refractivity contribution in [3.05, 3.63) is 46.8 Å². The number of nitrogens with zero attached hydrogens (tertiary/aromatic N) is 2. The van der Waals surface area contributed by atoms with Gasteiger partial charge >= 0.3 is 0 Å². The van der Waals surface area contributed by atoms with Crippen LogP contribution >= 0.6 is 12.4 Å². The molecule has 0 spiro atoms. The zero-order valence-corrected chi connectivity index (χ0v) is 12.5. The molecule has 0 atom stereocenters. The number of nitrogens with two attached hydrogens (primary N) is 1. The predicted molar refractivity (Wildman–Crippen MR) is 84.0 cm³/mol. The first-order valence-corrected chi connectivity index (χ1v) is 6.93. The van der Waals surface area contributed by atoms with E-state index in [0.29, 0.717) is 6.54 Å². The maximum absolute atomic E-state index is 5.85. The van der Waals surface area contributed by atoms with Crippen molar-refractivity contribution in [1.29, 1.82) is 0 Å². The van der Waals surface area contributed by atoms with Gasteiger partial charge in [0.1, 0.15) is 0 Å². The van der Waals surface area contributed by atoms with E-state index in [1.807, 2.05) is 0 Å². The fourth-order valence-corrected chi connectivity index (χ4v) is 2.67. The summed E-state index contributed by atoms with van der Waals surface area (Å²) in [4.78, 5) is 9.42. The molecule has 0 saturated heterocycles. The van der Waals surface area contributed by atoms with Crippen molar-refractivity contribution in [2.45, 2.75) is 39.2 Å². The molecule has 1 aromatic carbocycles. The van der Waals surface area contributed by atoms with Crippen LogP contribution in [0.25, 0.3) is 11.4 Å². The SMILES string of the molecule is Cc1ccc(-c2nc(CN)c3c(n2)CCCC3)cc1.Cl. The topological polar surface area (TPSA) is 51.8 Å². The first-order chi connectivity index (χ1) is 9.28. The van der Waals surface area contributed by atoms with Gasteiger partial charge in [0.05, 0.1) is 5.69 Å². The highest BCUT2D eigenvalue weighted by atomic mass is 35.5. The van der Waals surface area contributed by atoms with E-state index in [0.717, 1.165) is 29.9 Å². The van der Waals surface area contributed by atoms with Gasteiger partial charge in [0.2, 0.25) is 0 Å². The largest absolute Gasteiger partial charge is 0.325 e. The highest BCUT2D eigenvalue weighted by Crippen LogP contribution is 2.25. The van der Waals surface area contributed by atoms with Crippen LogP contribution < -0.4 is 5.73 Å². The lowest BCUT2D eigenvalue weighted by atomic mass is 9.94. The van der Waals surface area contributed by atoms with Crippen LogP contribution in [0.1, 0.15) is 35.4 Å². The highest BCUT2D eigenvalue weighted by molar-refractivity contribution is 5.85. The Kier molecular flexibility index (Phi) is 4.73. The normalized spacial score (nSPS) is 13.5. The second kappa shape index (κ2) is 6.33. The van der Waals surface area contributed by atoms with E-state index >= 15 is 0 Å². The maximum atomic E-state index is 5.85. The maximum Gasteiger partial charge on any atom is 0.159 e.